The van der Waals surface area contributed by atoms with Gasteiger partial charge < -0.3 is 20.6 Å². The third-order valence-electron chi connectivity index (χ3n) is 7.27. The van der Waals surface area contributed by atoms with Crippen LogP contribution in [-0.2, 0) is 9.59 Å². The third-order valence-corrected chi connectivity index (χ3v) is 7.27. The first kappa shape index (κ1) is 32.8. The SMILES string of the molecule is [3H]OC[C@@H](NC(=O)CCCCCCCCCCCCC(=O)O)[C@H](C=CCCCCCCCCCCCCC)O[3H]. The smallest absolute Gasteiger partial charge is 0.303 e. The largest absolute Gasteiger partial charge is 0.481 e. The molecule has 0 bridgehead atoms. The first-order valence-corrected chi connectivity index (χ1v) is 15.9. The lowest BCUT2D eigenvalue weighted by atomic mass is 10.0. The lowest BCUT2D eigenvalue weighted by Gasteiger charge is -2.20. The summed E-state index contributed by atoms with van der Waals surface area (Å²) >= 11 is 0. The molecular weight excluding hydrogens is 478 g/mol. The van der Waals surface area contributed by atoms with Crippen LogP contribution in [0.5, 0.6) is 0 Å². The van der Waals surface area contributed by atoms with E-state index in [9.17, 15) is 9.59 Å². The average Bonchev–Trinajstić information content (AvgIpc) is 2.93. The fourth-order valence-corrected chi connectivity index (χ4v) is 4.76. The van der Waals surface area contributed by atoms with Crippen LogP contribution in [-0.4, -0.2) is 48.8 Å². The Hall–Kier alpha value is -1.40. The second-order valence-electron chi connectivity index (χ2n) is 11.0. The zero-order chi connectivity index (χ0) is 29.5. The number of aliphatic hydroxyl groups excluding tert-OH is 2. The molecule has 224 valence electrons. The molecule has 6 heteroatoms. The van der Waals surface area contributed by atoms with Crippen LogP contribution in [0.15, 0.2) is 12.2 Å². The number of rotatable bonds is 31. The summed E-state index contributed by atoms with van der Waals surface area (Å²) in [7, 11) is 0. The van der Waals surface area contributed by atoms with E-state index in [4.69, 9.17) is 13.1 Å². The van der Waals surface area contributed by atoms with Crippen molar-refractivity contribution in [2.75, 3.05) is 6.61 Å². The molecule has 0 unspecified atom stereocenters. The average molecular weight is 544 g/mol. The molecule has 0 aliphatic heterocycles. The van der Waals surface area contributed by atoms with E-state index < -0.39 is 18.1 Å². The maximum Gasteiger partial charge on any atom is 0.303 e. The maximum atomic E-state index is 12.4. The molecule has 0 spiro atoms. The first-order chi connectivity index (χ1) is 19.5. The number of unbranched alkanes of at least 4 members (excludes halogenated alkanes) is 20. The van der Waals surface area contributed by atoms with E-state index in [0.717, 1.165) is 64.2 Å². The number of nitrogens with one attached hydrogen (secondary N) is 1. The highest BCUT2D eigenvalue weighted by Crippen LogP contribution is 2.13. The number of carbonyl (C=O) groups excluding carboxylic acids is 1. The quantitative estimate of drug-likeness (QED) is 0.0526. The molecule has 6 nitrogen and oxygen atoms in total. The zero-order valence-corrected chi connectivity index (χ0v) is 24.6. The highest BCUT2D eigenvalue weighted by molar-refractivity contribution is 5.76. The summed E-state index contributed by atoms with van der Waals surface area (Å²) in [5.74, 6) is -0.801. The second-order valence-corrected chi connectivity index (χ2v) is 11.0. The molecule has 0 aromatic carbocycles. The fraction of sp³-hybridized carbons (Fsp3) is 0.875. The van der Waals surface area contributed by atoms with E-state index in [1.54, 1.807) is 0 Å². The number of allylic oxidation sites excluding steroid dienone is 1. The van der Waals surface area contributed by atoms with Gasteiger partial charge in [-0.25, -0.2) is 0 Å². The van der Waals surface area contributed by atoms with Crippen molar-refractivity contribution in [1.29, 1.82) is 2.86 Å². The molecule has 0 rings (SSSR count). The summed E-state index contributed by atoms with van der Waals surface area (Å²) in [6.45, 7) is 2.24. The minimum atomic E-state index is -0.708. The van der Waals surface area contributed by atoms with Crippen molar-refractivity contribution in [3.8, 4) is 0 Å². The molecule has 0 aliphatic carbocycles. The van der Waals surface area contributed by atoms with E-state index >= 15 is 0 Å². The number of carbonyl (C=O) groups is 2. The third kappa shape index (κ3) is 26.2. The Balaban J connectivity index is 3.90. The Morgan fingerprint density at radius 1 is 0.711 bits per heavy atom. The summed E-state index contributed by atoms with van der Waals surface area (Å²) in [6, 6.07) is -0.549. The van der Waals surface area contributed by atoms with Gasteiger partial charge in [0.15, 0.2) is 0 Å². The summed E-state index contributed by atoms with van der Waals surface area (Å²) in [5.41, 5.74) is 0. The number of aliphatic hydroxyl groups is 2. The maximum absolute atomic E-state index is 12.4. The van der Waals surface area contributed by atoms with Crippen LogP contribution in [0.1, 0.15) is 161 Å². The number of hydrogen-bond acceptors (Lipinski definition) is 4. The van der Waals surface area contributed by atoms with Crippen LogP contribution < -0.4 is 5.32 Å². The Kier molecular flexibility index (Phi) is 24.7. The Morgan fingerprint density at radius 3 is 1.66 bits per heavy atom. The molecule has 1 amide bonds. The van der Waals surface area contributed by atoms with Crippen molar-refractivity contribution < 1.29 is 24.9 Å². The van der Waals surface area contributed by atoms with Crippen molar-refractivity contribution in [2.45, 2.75) is 173 Å². The molecule has 38 heavy (non-hydrogen) atoms. The number of carboxylic acid groups (broad SMARTS) is 1. The second kappa shape index (κ2) is 28.6. The van der Waals surface area contributed by atoms with Crippen LogP contribution in [0.2, 0.25) is 0 Å². The van der Waals surface area contributed by atoms with Gasteiger partial charge in [0, 0.05) is 12.8 Å². The summed E-state index contributed by atoms with van der Waals surface area (Å²) < 4.78 is 14.6. The van der Waals surface area contributed by atoms with Gasteiger partial charge in [-0.3, -0.25) is 9.59 Å². The summed E-state index contributed by atoms with van der Waals surface area (Å²) in [6.07, 6.45) is 29.7. The Bertz CT molecular complexity index is 606. The topological polar surface area (TPSA) is 107 Å². The van der Waals surface area contributed by atoms with Gasteiger partial charge in [0.05, 0.1) is 18.8 Å². The van der Waals surface area contributed by atoms with E-state index in [-0.39, 0.29) is 18.9 Å². The molecule has 0 aliphatic rings. The van der Waals surface area contributed by atoms with Crippen LogP contribution in [0.4, 0.5) is 0 Å². The number of hydrogen-bond donors (Lipinski definition) is 4. The van der Waals surface area contributed by atoms with Crippen LogP contribution in [0, 0.1) is 0 Å². The normalized spacial score (nSPS) is 13.8. The molecular formula is C32H61NO5. The molecule has 4 N–H and O–H groups in total. The van der Waals surface area contributed by atoms with E-state index in [2.05, 4.69) is 17.3 Å². The van der Waals surface area contributed by atoms with Crippen molar-refractivity contribution in [3.63, 3.8) is 0 Å². The van der Waals surface area contributed by atoms with Crippen LogP contribution >= 0.6 is 0 Å². The van der Waals surface area contributed by atoms with Crippen molar-refractivity contribution in [3.05, 3.63) is 12.2 Å². The van der Waals surface area contributed by atoms with Gasteiger partial charge in [-0.05, 0) is 25.7 Å². The molecule has 0 saturated carbocycles. The molecule has 0 heterocycles. The minimum absolute atomic E-state index is 0.0195. The number of aliphatic carboxylic acids is 1. The van der Waals surface area contributed by atoms with Gasteiger partial charge in [0.1, 0.15) is 0 Å². The van der Waals surface area contributed by atoms with Gasteiger partial charge in [0.2, 0.25) is 8.77 Å². The predicted octanol–water partition coefficient (Wildman–Crippen LogP) is 7.85. The highest BCUT2D eigenvalue weighted by Gasteiger charge is 2.17. The first-order valence-electron chi connectivity index (χ1n) is 16.7. The van der Waals surface area contributed by atoms with E-state index in [1.165, 1.54) is 77.0 Å². The van der Waals surface area contributed by atoms with Gasteiger partial charge >= 0.3 is 5.97 Å². The zero-order valence-electron chi connectivity index (χ0n) is 26.6. The summed E-state index contributed by atoms with van der Waals surface area (Å²) in [5, 5.41) is 20.9. The van der Waals surface area contributed by atoms with Crippen LogP contribution in [0.25, 0.3) is 0 Å². The van der Waals surface area contributed by atoms with Gasteiger partial charge in [0.25, 0.3) is 0 Å². The fourth-order valence-electron chi connectivity index (χ4n) is 4.76. The van der Waals surface area contributed by atoms with Gasteiger partial charge in [-0.15, -0.1) is 0 Å². The van der Waals surface area contributed by atoms with Crippen molar-refractivity contribution >= 4 is 11.9 Å². The molecule has 0 aromatic rings. The Morgan fingerprint density at radius 2 is 1.18 bits per heavy atom. The number of carboxylic acids is 1. The lowest BCUT2D eigenvalue weighted by molar-refractivity contribution is -0.137. The van der Waals surface area contributed by atoms with Crippen LogP contribution in [0.3, 0.4) is 0 Å². The minimum Gasteiger partial charge on any atom is -0.481 e. The molecule has 0 fully saturated rings. The summed E-state index contributed by atoms with van der Waals surface area (Å²) in [4.78, 5) is 22.9. The van der Waals surface area contributed by atoms with E-state index in [1.807, 2.05) is 12.2 Å². The van der Waals surface area contributed by atoms with Crippen molar-refractivity contribution in [2.24, 2.45) is 0 Å². The molecule has 0 aromatic heterocycles. The molecule has 0 radical (unpaired) electrons. The Labute approximate surface area is 237 Å². The van der Waals surface area contributed by atoms with Gasteiger partial charge in [-0.2, -0.15) is 0 Å². The van der Waals surface area contributed by atoms with Gasteiger partial charge in [-0.1, -0.05) is 135 Å². The van der Waals surface area contributed by atoms with Crippen molar-refractivity contribution in [1.82, 2.24) is 5.32 Å². The lowest BCUT2D eigenvalue weighted by Crippen LogP contribution is -2.45. The highest BCUT2D eigenvalue weighted by atomic mass is 16.4. The molecule has 0 saturated heterocycles. The predicted molar refractivity (Wildman–Crippen MR) is 158 cm³/mol. The molecule has 2 atom stereocenters. The number of amides is 1. The standard InChI is InChI=1S/C32H61NO5/c1-2-3-4-5-6-7-8-9-10-13-16-19-22-25-30(35)29(28-34)33-31(36)26-23-20-17-14-11-12-15-18-21-24-27-32(37)38/h22,25,29-30,34-35H,2-21,23-24,26-28H2,1H3,(H,33,36)(H,37,38)/t29-,30+/m1/s1/i34T,35T. The van der Waals surface area contributed by atoms with E-state index in [0.29, 0.717) is 6.42 Å². The monoisotopic (exact) mass is 543 g/mol.